The zero-order valence-corrected chi connectivity index (χ0v) is 14.5. The minimum Gasteiger partial charge on any atom is -0.481 e. The molecule has 0 fully saturated rings. The maximum Gasteiger partial charge on any atom is 0.303 e. The van der Waals surface area contributed by atoms with E-state index in [0.717, 1.165) is 0 Å². The quantitative estimate of drug-likeness (QED) is 0.550. The van der Waals surface area contributed by atoms with Crippen LogP contribution in [0, 0.1) is 0 Å². The molecular weight excluding hydrogens is 348 g/mol. The van der Waals surface area contributed by atoms with Crippen molar-refractivity contribution in [3.63, 3.8) is 0 Å². The number of aliphatic carboxylic acids is 1. The Balaban J connectivity index is 1.69. The summed E-state index contributed by atoms with van der Waals surface area (Å²) in [6.07, 6.45) is -0.304. The van der Waals surface area contributed by atoms with Gasteiger partial charge < -0.3 is 15.7 Å². The van der Waals surface area contributed by atoms with Gasteiger partial charge in [0.15, 0.2) is 11.6 Å². The van der Waals surface area contributed by atoms with Gasteiger partial charge >= 0.3 is 5.97 Å². The summed E-state index contributed by atoms with van der Waals surface area (Å²) >= 11 is 0. The lowest BCUT2D eigenvalue weighted by Crippen LogP contribution is -2.29. The second-order valence-corrected chi connectivity index (χ2v) is 6.10. The number of nitrogens with one attached hydrogen (secondary N) is 2. The van der Waals surface area contributed by atoms with Gasteiger partial charge in [0.1, 0.15) is 0 Å². The van der Waals surface area contributed by atoms with Gasteiger partial charge in [0.2, 0.25) is 5.91 Å². The van der Waals surface area contributed by atoms with Crippen LogP contribution >= 0.6 is 0 Å². The Morgan fingerprint density at radius 3 is 2.19 bits per heavy atom. The normalized spacial score (nSPS) is 12.1. The Kier molecular flexibility index (Phi) is 5.30. The number of ketones is 2. The molecule has 3 N–H and O–H groups in total. The monoisotopic (exact) mass is 366 g/mol. The summed E-state index contributed by atoms with van der Waals surface area (Å²) in [5.41, 5.74) is 2.00. The minimum absolute atomic E-state index is 0.0835. The van der Waals surface area contributed by atoms with Crippen molar-refractivity contribution < 1.29 is 24.3 Å². The van der Waals surface area contributed by atoms with Crippen LogP contribution in [0.25, 0.3) is 0 Å². The fraction of sp³-hybridized carbons (Fsp3) is 0.200. The Morgan fingerprint density at radius 2 is 1.48 bits per heavy atom. The third-order valence-electron chi connectivity index (χ3n) is 4.28. The highest BCUT2D eigenvalue weighted by molar-refractivity contribution is 6.30. The smallest absolute Gasteiger partial charge is 0.303 e. The van der Waals surface area contributed by atoms with Gasteiger partial charge in [0.25, 0.3) is 0 Å². The van der Waals surface area contributed by atoms with E-state index in [1.165, 1.54) is 0 Å². The third kappa shape index (κ3) is 3.87. The number of carbonyl (C=O) groups excluding carboxylic acids is 3. The van der Waals surface area contributed by atoms with E-state index < -0.39 is 5.97 Å². The van der Waals surface area contributed by atoms with Crippen LogP contribution in [0.3, 0.4) is 0 Å². The zero-order valence-electron chi connectivity index (χ0n) is 14.5. The van der Waals surface area contributed by atoms with Gasteiger partial charge in [-0.3, -0.25) is 19.2 Å². The van der Waals surface area contributed by atoms with Gasteiger partial charge in [-0.2, -0.15) is 0 Å². The van der Waals surface area contributed by atoms with Crippen LogP contribution in [0.1, 0.15) is 44.7 Å². The van der Waals surface area contributed by atoms with Crippen LogP contribution in [-0.4, -0.2) is 41.6 Å². The van der Waals surface area contributed by atoms with E-state index in [9.17, 15) is 19.2 Å². The molecule has 0 aliphatic heterocycles. The molecule has 2 aromatic rings. The summed E-state index contributed by atoms with van der Waals surface area (Å²) in [5, 5.41) is 14.2. The van der Waals surface area contributed by atoms with E-state index in [2.05, 4.69) is 10.6 Å². The average molecular weight is 366 g/mol. The van der Waals surface area contributed by atoms with E-state index in [1.807, 2.05) is 0 Å². The highest BCUT2D eigenvalue weighted by atomic mass is 16.4. The van der Waals surface area contributed by atoms with Crippen molar-refractivity contribution in [3.05, 3.63) is 64.7 Å². The summed E-state index contributed by atoms with van der Waals surface area (Å²) in [5.74, 6) is -1.78. The van der Waals surface area contributed by atoms with Gasteiger partial charge in [-0.05, 0) is 6.07 Å². The van der Waals surface area contributed by atoms with E-state index in [0.29, 0.717) is 34.5 Å². The second-order valence-electron chi connectivity index (χ2n) is 6.10. The highest BCUT2D eigenvalue weighted by Gasteiger charge is 2.31. The summed E-state index contributed by atoms with van der Waals surface area (Å²) in [7, 11) is 0. The summed E-state index contributed by atoms with van der Waals surface area (Å²) in [6, 6.07) is 11.8. The van der Waals surface area contributed by atoms with Crippen LogP contribution in [0.15, 0.2) is 42.5 Å². The molecule has 0 aromatic heterocycles. The second kappa shape index (κ2) is 7.82. The van der Waals surface area contributed by atoms with Crippen LogP contribution < -0.4 is 10.6 Å². The topological polar surface area (TPSA) is 113 Å². The predicted molar refractivity (Wildman–Crippen MR) is 98.1 cm³/mol. The molecule has 1 aliphatic rings. The molecule has 3 rings (SSSR count). The fourth-order valence-electron chi connectivity index (χ4n) is 3.00. The number of amides is 1. The van der Waals surface area contributed by atoms with E-state index in [1.54, 1.807) is 42.5 Å². The minimum atomic E-state index is -1.03. The third-order valence-corrected chi connectivity index (χ3v) is 4.28. The molecule has 2 aromatic carbocycles. The maximum atomic E-state index is 12.8. The molecule has 0 radical (unpaired) electrons. The van der Waals surface area contributed by atoms with Crippen LogP contribution in [0.2, 0.25) is 0 Å². The summed E-state index contributed by atoms with van der Waals surface area (Å²) < 4.78 is 0. The molecule has 0 saturated heterocycles. The number of fused-ring (bicyclic) bond motifs is 2. The number of carboxylic acid groups (broad SMARTS) is 1. The first kappa shape index (κ1) is 18.3. The van der Waals surface area contributed by atoms with Gasteiger partial charge in [0, 0.05) is 41.9 Å². The van der Waals surface area contributed by atoms with Crippen LogP contribution in [0.5, 0.6) is 0 Å². The molecule has 7 nitrogen and oxygen atoms in total. The van der Waals surface area contributed by atoms with E-state index >= 15 is 0 Å². The molecule has 0 bridgehead atoms. The molecule has 0 spiro atoms. The lowest BCUT2D eigenvalue weighted by atomic mass is 9.83. The Morgan fingerprint density at radius 1 is 0.815 bits per heavy atom. The van der Waals surface area contributed by atoms with Crippen LogP contribution in [0.4, 0.5) is 5.69 Å². The van der Waals surface area contributed by atoms with Crippen molar-refractivity contribution in [3.8, 4) is 0 Å². The van der Waals surface area contributed by atoms with Crippen molar-refractivity contribution in [2.75, 3.05) is 18.4 Å². The Hall–Kier alpha value is -3.48. The molecular formula is C20H18N2O5. The molecule has 1 aliphatic carbocycles. The van der Waals surface area contributed by atoms with Crippen LogP contribution in [-0.2, 0) is 9.59 Å². The number of hydrogen-bond acceptors (Lipinski definition) is 5. The molecule has 1 amide bonds. The first-order chi connectivity index (χ1) is 13.0. The number of anilines is 1. The molecule has 27 heavy (non-hydrogen) atoms. The highest BCUT2D eigenvalue weighted by Crippen LogP contribution is 2.31. The molecule has 138 valence electrons. The van der Waals surface area contributed by atoms with Gasteiger partial charge in [-0.15, -0.1) is 0 Å². The Labute approximate surface area is 155 Å². The first-order valence-corrected chi connectivity index (χ1v) is 8.53. The molecule has 7 heteroatoms. The van der Waals surface area contributed by atoms with Crippen molar-refractivity contribution in [2.45, 2.75) is 12.8 Å². The summed E-state index contributed by atoms with van der Waals surface area (Å²) in [6.45, 7) is 0.596. The molecule has 0 atom stereocenters. The first-order valence-electron chi connectivity index (χ1n) is 8.53. The number of carboxylic acids is 1. The number of rotatable bonds is 7. The number of carbonyl (C=O) groups is 4. The fourth-order valence-corrected chi connectivity index (χ4v) is 3.00. The van der Waals surface area contributed by atoms with Gasteiger partial charge in [0.05, 0.1) is 12.0 Å². The van der Waals surface area contributed by atoms with Crippen molar-refractivity contribution in [1.29, 1.82) is 0 Å². The van der Waals surface area contributed by atoms with E-state index in [4.69, 9.17) is 5.11 Å². The van der Waals surface area contributed by atoms with Gasteiger partial charge in [-0.25, -0.2) is 0 Å². The van der Waals surface area contributed by atoms with E-state index in [-0.39, 0.29) is 36.9 Å². The molecule has 0 heterocycles. The lowest BCUT2D eigenvalue weighted by molar-refractivity contribution is -0.138. The zero-order chi connectivity index (χ0) is 19.4. The van der Waals surface area contributed by atoms with Crippen molar-refractivity contribution >= 4 is 29.1 Å². The largest absolute Gasteiger partial charge is 0.481 e. The predicted octanol–water partition coefficient (Wildman–Crippen LogP) is 1.85. The molecule has 0 unspecified atom stereocenters. The molecule has 0 saturated carbocycles. The number of benzene rings is 2. The van der Waals surface area contributed by atoms with Crippen molar-refractivity contribution in [2.24, 2.45) is 0 Å². The standard InChI is InChI=1S/C20H18N2O5/c23-16(8-9-17(24)25)22-11-10-21-15-7-3-6-14-18(15)20(27)13-5-2-1-4-12(13)19(14)26/h1-7,21H,8-11H2,(H,22,23)(H,24,25). The average Bonchev–Trinajstić information content (AvgIpc) is 2.67. The van der Waals surface area contributed by atoms with Gasteiger partial charge in [-0.1, -0.05) is 36.4 Å². The SMILES string of the molecule is O=C(O)CCC(=O)NCCNc1cccc2c1C(=O)c1ccccc1C2=O. The maximum absolute atomic E-state index is 12.8. The summed E-state index contributed by atoms with van der Waals surface area (Å²) in [4.78, 5) is 47.5. The van der Waals surface area contributed by atoms with Crippen molar-refractivity contribution in [1.82, 2.24) is 5.32 Å². The Bertz CT molecular complexity index is 936. The number of hydrogen-bond donors (Lipinski definition) is 3. The lowest BCUT2D eigenvalue weighted by Gasteiger charge is -2.20.